The van der Waals surface area contributed by atoms with Crippen LogP contribution in [-0.4, -0.2) is 54.1 Å². The molecule has 2 rings (SSSR count). The predicted molar refractivity (Wildman–Crippen MR) is 138 cm³/mol. The summed E-state index contributed by atoms with van der Waals surface area (Å²) in [5.74, 6) is 1.76. The fourth-order valence-corrected chi connectivity index (χ4v) is 3.57. The van der Waals surface area contributed by atoms with E-state index >= 15 is 0 Å². The minimum Gasteiger partial charge on any atom is -0.493 e. The molecule has 9 nitrogen and oxygen atoms in total. The fraction of sp³-hybridized carbons (Fsp3) is 0.500. The number of hydrogen-bond donors (Lipinski definition) is 0. The van der Waals surface area contributed by atoms with Crippen molar-refractivity contribution in [3.63, 3.8) is 0 Å². The van der Waals surface area contributed by atoms with Crippen molar-refractivity contribution in [2.24, 2.45) is 5.41 Å². The molecule has 204 valence electrons. The van der Waals surface area contributed by atoms with E-state index in [1.165, 1.54) is 14.2 Å². The highest BCUT2D eigenvalue weighted by atomic mass is 16.5. The van der Waals surface area contributed by atoms with Crippen molar-refractivity contribution < 1.29 is 42.7 Å². The molecular weight excluding hydrogens is 480 g/mol. The van der Waals surface area contributed by atoms with Crippen LogP contribution >= 0.6 is 0 Å². The van der Waals surface area contributed by atoms with Crippen molar-refractivity contribution in [2.45, 2.75) is 46.6 Å². The van der Waals surface area contributed by atoms with Gasteiger partial charge in [0.25, 0.3) is 0 Å². The first kappa shape index (κ1) is 29.6. The summed E-state index contributed by atoms with van der Waals surface area (Å²) in [5.41, 5.74) is 1.77. The molecule has 0 aliphatic carbocycles. The molecule has 0 aliphatic heterocycles. The summed E-state index contributed by atoms with van der Waals surface area (Å²) in [6.45, 7) is 5.90. The van der Waals surface area contributed by atoms with Crippen LogP contribution in [0, 0.1) is 5.41 Å². The lowest BCUT2D eigenvalue weighted by Crippen LogP contribution is -2.23. The number of rotatable bonds is 13. The molecule has 37 heavy (non-hydrogen) atoms. The molecule has 0 saturated heterocycles. The fourth-order valence-electron chi connectivity index (χ4n) is 3.57. The Morgan fingerprint density at radius 2 is 1.32 bits per heavy atom. The van der Waals surface area contributed by atoms with Gasteiger partial charge in [-0.1, -0.05) is 6.07 Å². The molecule has 0 heterocycles. The normalized spacial score (nSPS) is 10.9. The molecule has 0 spiro atoms. The molecule has 0 aliphatic rings. The summed E-state index contributed by atoms with van der Waals surface area (Å²) in [7, 11) is 7.50. The molecule has 0 unspecified atom stereocenters. The van der Waals surface area contributed by atoms with Gasteiger partial charge in [-0.2, -0.15) is 0 Å². The zero-order valence-electron chi connectivity index (χ0n) is 23.0. The average molecular weight is 519 g/mol. The van der Waals surface area contributed by atoms with Gasteiger partial charge in [0.15, 0.2) is 23.0 Å². The largest absolute Gasteiger partial charge is 0.493 e. The van der Waals surface area contributed by atoms with Crippen LogP contribution < -0.4 is 23.7 Å². The quantitative estimate of drug-likeness (QED) is 0.280. The van der Waals surface area contributed by atoms with E-state index in [9.17, 15) is 9.59 Å². The summed E-state index contributed by atoms with van der Waals surface area (Å²) in [6, 6.07) is 7.33. The van der Waals surface area contributed by atoms with E-state index in [1.54, 1.807) is 33.5 Å². The lowest BCUT2D eigenvalue weighted by Gasteiger charge is -2.19. The molecule has 0 N–H and O–H groups in total. The van der Waals surface area contributed by atoms with Crippen molar-refractivity contribution in [2.75, 3.05) is 42.2 Å². The third-order valence-corrected chi connectivity index (χ3v) is 5.54. The minimum absolute atomic E-state index is 0.00426. The number of benzene rings is 2. The first-order valence-electron chi connectivity index (χ1n) is 11.9. The van der Waals surface area contributed by atoms with E-state index < -0.39 is 11.4 Å². The van der Waals surface area contributed by atoms with Gasteiger partial charge in [0.05, 0.1) is 54.0 Å². The SMILES string of the molecule is COC(=O)Cc1cc(CCCOC(=O)C(C)(C)C)cc(OC)c1OCc1cc(OC)c(OC)c(OC)c1. The number of carbonyl (C=O) groups excluding carboxylic acids is 2. The third kappa shape index (κ3) is 8.20. The molecule has 0 fully saturated rings. The van der Waals surface area contributed by atoms with Crippen LogP contribution in [0.2, 0.25) is 0 Å². The van der Waals surface area contributed by atoms with Crippen molar-refractivity contribution >= 4 is 11.9 Å². The lowest BCUT2D eigenvalue weighted by atomic mass is 9.97. The van der Waals surface area contributed by atoms with Gasteiger partial charge in [0, 0.05) is 5.56 Å². The molecule has 2 aromatic rings. The van der Waals surface area contributed by atoms with Gasteiger partial charge in [-0.05, 0) is 62.9 Å². The van der Waals surface area contributed by atoms with Crippen molar-refractivity contribution in [3.8, 4) is 28.7 Å². The van der Waals surface area contributed by atoms with E-state index in [0.29, 0.717) is 53.8 Å². The Morgan fingerprint density at radius 3 is 1.84 bits per heavy atom. The average Bonchev–Trinajstić information content (AvgIpc) is 2.88. The molecule has 0 atom stereocenters. The van der Waals surface area contributed by atoms with Gasteiger partial charge in [-0.25, -0.2) is 0 Å². The topological polar surface area (TPSA) is 98.8 Å². The molecule has 0 aromatic heterocycles. The van der Waals surface area contributed by atoms with Crippen LogP contribution in [0.15, 0.2) is 24.3 Å². The van der Waals surface area contributed by atoms with Crippen LogP contribution in [-0.2, 0) is 38.5 Å². The van der Waals surface area contributed by atoms with Gasteiger partial charge in [0.2, 0.25) is 5.75 Å². The first-order valence-corrected chi connectivity index (χ1v) is 11.9. The zero-order valence-corrected chi connectivity index (χ0v) is 23.0. The maximum Gasteiger partial charge on any atom is 0.311 e. The van der Waals surface area contributed by atoms with E-state index in [0.717, 1.165) is 11.1 Å². The number of ether oxygens (including phenoxy) is 7. The molecule has 0 bridgehead atoms. The van der Waals surface area contributed by atoms with Gasteiger partial charge in [0.1, 0.15) is 6.61 Å². The van der Waals surface area contributed by atoms with Crippen LogP contribution in [0.25, 0.3) is 0 Å². The smallest absolute Gasteiger partial charge is 0.311 e. The second-order valence-electron chi connectivity index (χ2n) is 9.35. The highest BCUT2D eigenvalue weighted by Crippen LogP contribution is 2.39. The molecule has 9 heteroatoms. The van der Waals surface area contributed by atoms with Gasteiger partial charge in [-0.15, -0.1) is 0 Å². The second kappa shape index (κ2) is 13.6. The summed E-state index contributed by atoms with van der Waals surface area (Å²) in [6.07, 6.45) is 1.24. The molecular formula is C28H38O9. The highest BCUT2D eigenvalue weighted by molar-refractivity contribution is 5.75. The van der Waals surface area contributed by atoms with Gasteiger partial charge >= 0.3 is 11.9 Å². The monoisotopic (exact) mass is 518 g/mol. The van der Waals surface area contributed by atoms with Crippen LogP contribution in [0.5, 0.6) is 28.7 Å². The second-order valence-corrected chi connectivity index (χ2v) is 9.35. The molecule has 0 amide bonds. The first-order chi connectivity index (χ1) is 17.6. The van der Waals surface area contributed by atoms with E-state index in [-0.39, 0.29) is 19.0 Å². The van der Waals surface area contributed by atoms with Crippen molar-refractivity contribution in [1.29, 1.82) is 0 Å². The number of aryl methyl sites for hydroxylation is 1. The van der Waals surface area contributed by atoms with Crippen molar-refractivity contribution in [1.82, 2.24) is 0 Å². The Bertz CT molecular complexity index is 1050. The molecule has 0 radical (unpaired) electrons. The third-order valence-electron chi connectivity index (χ3n) is 5.54. The van der Waals surface area contributed by atoms with E-state index in [1.807, 2.05) is 32.9 Å². The molecule has 2 aromatic carbocycles. The van der Waals surface area contributed by atoms with Gasteiger partial charge < -0.3 is 33.2 Å². The standard InChI is InChI=1S/C28H38O9/c1-28(2,3)27(30)36-11-9-10-18-12-20(16-24(29)34-7)25(21(13-18)31-4)37-17-19-14-22(32-5)26(35-8)23(15-19)33-6/h12-15H,9-11,16-17H2,1-8H3. The maximum absolute atomic E-state index is 12.2. The van der Waals surface area contributed by atoms with Crippen LogP contribution in [0.3, 0.4) is 0 Å². The zero-order chi connectivity index (χ0) is 27.6. The number of methoxy groups -OCH3 is 5. The Labute approximate surface area is 218 Å². The Balaban J connectivity index is 2.28. The van der Waals surface area contributed by atoms with Crippen LogP contribution in [0.4, 0.5) is 0 Å². The summed E-state index contributed by atoms with van der Waals surface area (Å²) >= 11 is 0. The summed E-state index contributed by atoms with van der Waals surface area (Å²) < 4.78 is 38.3. The predicted octanol–water partition coefficient (Wildman–Crippen LogP) is 4.54. The number of hydrogen-bond acceptors (Lipinski definition) is 9. The minimum atomic E-state index is -0.548. The Hall–Kier alpha value is -3.62. The Kier molecular flexibility index (Phi) is 10.9. The summed E-state index contributed by atoms with van der Waals surface area (Å²) in [4.78, 5) is 24.2. The summed E-state index contributed by atoms with van der Waals surface area (Å²) in [5, 5.41) is 0. The van der Waals surface area contributed by atoms with Gasteiger partial charge in [-0.3, -0.25) is 9.59 Å². The maximum atomic E-state index is 12.2. The van der Waals surface area contributed by atoms with Crippen molar-refractivity contribution in [3.05, 3.63) is 41.0 Å². The Morgan fingerprint density at radius 1 is 0.757 bits per heavy atom. The van der Waals surface area contributed by atoms with Crippen LogP contribution in [0.1, 0.15) is 43.9 Å². The number of esters is 2. The van der Waals surface area contributed by atoms with E-state index in [2.05, 4.69) is 0 Å². The highest BCUT2D eigenvalue weighted by Gasteiger charge is 2.23. The van der Waals surface area contributed by atoms with E-state index in [4.69, 9.17) is 33.2 Å². The number of carbonyl (C=O) groups is 2. The lowest BCUT2D eigenvalue weighted by molar-refractivity contribution is -0.153. The molecule has 0 saturated carbocycles.